The van der Waals surface area contributed by atoms with Gasteiger partial charge in [0.15, 0.2) is 0 Å². The van der Waals surface area contributed by atoms with Crippen LogP contribution in [0.1, 0.15) is 31.9 Å². The molecule has 2 rings (SSSR count). The fourth-order valence-corrected chi connectivity index (χ4v) is 2.78. The molecule has 0 saturated heterocycles. The van der Waals surface area contributed by atoms with Crippen LogP contribution >= 0.6 is 0 Å². The van der Waals surface area contributed by atoms with Crippen LogP contribution in [-0.4, -0.2) is 29.3 Å². The molecule has 0 spiro atoms. The SMILES string of the molecule is CC1CCCC1NCC(CO)Cc1ccccn1. The maximum absolute atomic E-state index is 9.46. The molecule has 0 aromatic carbocycles. The van der Waals surface area contributed by atoms with E-state index in [0.29, 0.717) is 6.04 Å². The zero-order valence-corrected chi connectivity index (χ0v) is 11.2. The molecule has 1 fully saturated rings. The van der Waals surface area contributed by atoms with Crippen LogP contribution < -0.4 is 5.32 Å². The first-order valence-electron chi connectivity index (χ1n) is 7.03. The molecule has 2 N–H and O–H groups in total. The van der Waals surface area contributed by atoms with Gasteiger partial charge in [-0.15, -0.1) is 0 Å². The van der Waals surface area contributed by atoms with Crippen LogP contribution in [0.4, 0.5) is 0 Å². The third-order valence-corrected chi connectivity index (χ3v) is 4.01. The smallest absolute Gasteiger partial charge is 0.0475 e. The molecule has 1 saturated carbocycles. The van der Waals surface area contributed by atoms with Gasteiger partial charge in [-0.05, 0) is 43.2 Å². The Kier molecular flexibility index (Phi) is 5.14. The Bertz CT molecular complexity index is 342. The third kappa shape index (κ3) is 3.79. The number of rotatable bonds is 6. The number of hydrogen-bond acceptors (Lipinski definition) is 3. The molecular formula is C15H24N2O. The van der Waals surface area contributed by atoms with Crippen LogP contribution in [0.25, 0.3) is 0 Å². The molecule has 1 aromatic heterocycles. The van der Waals surface area contributed by atoms with Gasteiger partial charge in [-0.25, -0.2) is 0 Å². The summed E-state index contributed by atoms with van der Waals surface area (Å²) in [7, 11) is 0. The summed E-state index contributed by atoms with van der Waals surface area (Å²) < 4.78 is 0. The highest BCUT2D eigenvalue weighted by atomic mass is 16.3. The van der Waals surface area contributed by atoms with Gasteiger partial charge in [0.25, 0.3) is 0 Å². The monoisotopic (exact) mass is 248 g/mol. The highest BCUT2D eigenvalue weighted by molar-refractivity contribution is 5.04. The van der Waals surface area contributed by atoms with Gasteiger partial charge in [0.1, 0.15) is 0 Å². The second-order valence-corrected chi connectivity index (χ2v) is 5.50. The van der Waals surface area contributed by atoms with Crippen molar-refractivity contribution in [3.05, 3.63) is 30.1 Å². The highest BCUT2D eigenvalue weighted by Gasteiger charge is 2.23. The van der Waals surface area contributed by atoms with Gasteiger partial charge in [-0.3, -0.25) is 4.98 Å². The molecule has 3 heteroatoms. The summed E-state index contributed by atoms with van der Waals surface area (Å²) in [6.45, 7) is 3.43. The topological polar surface area (TPSA) is 45.1 Å². The average molecular weight is 248 g/mol. The number of aliphatic hydroxyl groups is 1. The van der Waals surface area contributed by atoms with Crippen molar-refractivity contribution in [2.45, 2.75) is 38.6 Å². The number of aliphatic hydroxyl groups excluding tert-OH is 1. The standard InChI is InChI=1S/C15H24N2O/c1-12-5-4-7-15(12)17-10-13(11-18)9-14-6-2-3-8-16-14/h2-3,6,8,12-13,15,17-18H,4-5,7,9-11H2,1H3. The molecule has 1 aromatic rings. The highest BCUT2D eigenvalue weighted by Crippen LogP contribution is 2.24. The Morgan fingerprint density at radius 2 is 2.33 bits per heavy atom. The Balaban J connectivity index is 1.79. The van der Waals surface area contributed by atoms with E-state index < -0.39 is 0 Å². The van der Waals surface area contributed by atoms with Crippen molar-refractivity contribution in [3.63, 3.8) is 0 Å². The average Bonchev–Trinajstić information content (AvgIpc) is 2.81. The van der Waals surface area contributed by atoms with Crippen LogP contribution in [0.3, 0.4) is 0 Å². The van der Waals surface area contributed by atoms with E-state index in [1.165, 1.54) is 19.3 Å². The van der Waals surface area contributed by atoms with Crippen LogP contribution in [0, 0.1) is 11.8 Å². The summed E-state index contributed by atoms with van der Waals surface area (Å²) in [6, 6.07) is 6.60. The van der Waals surface area contributed by atoms with Gasteiger partial charge < -0.3 is 10.4 Å². The zero-order valence-electron chi connectivity index (χ0n) is 11.2. The minimum absolute atomic E-state index is 0.227. The van der Waals surface area contributed by atoms with Crippen molar-refractivity contribution < 1.29 is 5.11 Å². The molecule has 100 valence electrons. The fraction of sp³-hybridized carbons (Fsp3) is 0.667. The van der Waals surface area contributed by atoms with Gasteiger partial charge >= 0.3 is 0 Å². The van der Waals surface area contributed by atoms with Crippen LogP contribution in [0.15, 0.2) is 24.4 Å². The normalized spacial score (nSPS) is 25.2. The molecule has 3 atom stereocenters. The Morgan fingerprint density at radius 3 is 2.94 bits per heavy atom. The van der Waals surface area contributed by atoms with E-state index in [0.717, 1.165) is 24.6 Å². The first kappa shape index (κ1) is 13.5. The first-order valence-corrected chi connectivity index (χ1v) is 7.03. The van der Waals surface area contributed by atoms with Crippen molar-refractivity contribution in [1.82, 2.24) is 10.3 Å². The van der Waals surface area contributed by atoms with Crippen molar-refractivity contribution >= 4 is 0 Å². The maximum Gasteiger partial charge on any atom is 0.0475 e. The summed E-state index contributed by atoms with van der Waals surface area (Å²) in [4.78, 5) is 4.32. The number of nitrogens with zero attached hydrogens (tertiary/aromatic N) is 1. The van der Waals surface area contributed by atoms with E-state index in [-0.39, 0.29) is 12.5 Å². The summed E-state index contributed by atoms with van der Waals surface area (Å²) in [5, 5.41) is 13.1. The second-order valence-electron chi connectivity index (χ2n) is 5.50. The van der Waals surface area contributed by atoms with E-state index >= 15 is 0 Å². The molecule has 1 aliphatic rings. The number of nitrogens with one attached hydrogen (secondary N) is 1. The summed E-state index contributed by atoms with van der Waals surface area (Å²) in [5.74, 6) is 1.05. The van der Waals surface area contributed by atoms with Crippen molar-refractivity contribution in [1.29, 1.82) is 0 Å². The third-order valence-electron chi connectivity index (χ3n) is 4.01. The number of aromatic nitrogens is 1. The molecule has 1 aliphatic carbocycles. The lowest BCUT2D eigenvalue weighted by molar-refractivity contribution is 0.214. The second kappa shape index (κ2) is 6.86. The van der Waals surface area contributed by atoms with Gasteiger partial charge in [0.05, 0.1) is 0 Å². The lowest BCUT2D eigenvalue weighted by Gasteiger charge is -2.21. The van der Waals surface area contributed by atoms with E-state index in [1.54, 1.807) is 0 Å². The first-order chi connectivity index (χ1) is 8.79. The van der Waals surface area contributed by atoms with Gasteiger partial charge in [0, 0.05) is 31.1 Å². The minimum Gasteiger partial charge on any atom is -0.396 e. The number of hydrogen-bond donors (Lipinski definition) is 2. The van der Waals surface area contributed by atoms with Gasteiger partial charge in [-0.2, -0.15) is 0 Å². The molecule has 3 unspecified atom stereocenters. The van der Waals surface area contributed by atoms with Crippen molar-refractivity contribution in [2.75, 3.05) is 13.2 Å². The Labute approximate surface area is 110 Å². The zero-order chi connectivity index (χ0) is 12.8. The predicted molar refractivity (Wildman–Crippen MR) is 73.3 cm³/mol. The predicted octanol–water partition coefficient (Wildman–Crippen LogP) is 2.01. The quantitative estimate of drug-likeness (QED) is 0.809. The van der Waals surface area contributed by atoms with E-state index in [1.807, 2.05) is 24.4 Å². The molecule has 18 heavy (non-hydrogen) atoms. The maximum atomic E-state index is 9.46. The van der Waals surface area contributed by atoms with E-state index in [4.69, 9.17) is 0 Å². The van der Waals surface area contributed by atoms with Crippen molar-refractivity contribution in [2.24, 2.45) is 11.8 Å². The molecule has 1 heterocycles. The minimum atomic E-state index is 0.227. The van der Waals surface area contributed by atoms with Crippen LogP contribution in [-0.2, 0) is 6.42 Å². The summed E-state index contributed by atoms with van der Waals surface area (Å²) in [6.07, 6.45) is 6.62. The lowest BCUT2D eigenvalue weighted by atomic mass is 10.0. The summed E-state index contributed by atoms with van der Waals surface area (Å²) >= 11 is 0. The van der Waals surface area contributed by atoms with E-state index in [9.17, 15) is 5.11 Å². The molecule has 0 radical (unpaired) electrons. The molecule has 0 aliphatic heterocycles. The molecule has 3 nitrogen and oxygen atoms in total. The Hall–Kier alpha value is -0.930. The van der Waals surface area contributed by atoms with Gasteiger partial charge in [0.2, 0.25) is 0 Å². The van der Waals surface area contributed by atoms with Crippen molar-refractivity contribution in [3.8, 4) is 0 Å². The Morgan fingerprint density at radius 1 is 1.44 bits per heavy atom. The largest absolute Gasteiger partial charge is 0.396 e. The van der Waals surface area contributed by atoms with E-state index in [2.05, 4.69) is 17.2 Å². The van der Waals surface area contributed by atoms with Crippen LogP contribution in [0.2, 0.25) is 0 Å². The number of pyridine rings is 1. The van der Waals surface area contributed by atoms with Crippen LogP contribution in [0.5, 0.6) is 0 Å². The van der Waals surface area contributed by atoms with Gasteiger partial charge in [-0.1, -0.05) is 19.4 Å². The summed E-state index contributed by atoms with van der Waals surface area (Å²) in [5.41, 5.74) is 1.07. The molecular weight excluding hydrogens is 224 g/mol. The molecule has 0 amide bonds. The lowest BCUT2D eigenvalue weighted by Crippen LogP contribution is -2.36. The fourth-order valence-electron chi connectivity index (χ4n) is 2.78. The molecule has 0 bridgehead atoms.